The number of benzene rings is 1. The van der Waals surface area contributed by atoms with Gasteiger partial charge in [-0.3, -0.25) is 0 Å². The minimum absolute atomic E-state index is 0.544. The number of thioether (sulfide) groups is 1. The highest BCUT2D eigenvalue weighted by molar-refractivity contribution is 7.98. The van der Waals surface area contributed by atoms with E-state index in [1.807, 2.05) is 19.1 Å². The summed E-state index contributed by atoms with van der Waals surface area (Å²) in [5, 5.41) is 9.66. The highest BCUT2D eigenvalue weighted by atomic mass is 32.2. The number of aryl methyl sites for hydroxylation is 1. The Morgan fingerprint density at radius 1 is 1.32 bits per heavy atom. The summed E-state index contributed by atoms with van der Waals surface area (Å²) in [4.78, 5) is 8.48. The molecule has 0 aliphatic rings. The van der Waals surface area contributed by atoms with Crippen molar-refractivity contribution in [3.63, 3.8) is 0 Å². The van der Waals surface area contributed by atoms with Gasteiger partial charge in [0.2, 0.25) is 0 Å². The molecule has 0 bridgehead atoms. The minimum Gasteiger partial charge on any atom is -0.495 e. The fourth-order valence-corrected chi connectivity index (χ4v) is 2.25. The molecule has 0 spiro atoms. The van der Waals surface area contributed by atoms with Crippen LogP contribution in [0.1, 0.15) is 16.7 Å². The summed E-state index contributed by atoms with van der Waals surface area (Å²) < 4.78 is 5.18. The number of ether oxygens (including phenoxy) is 1. The van der Waals surface area contributed by atoms with Crippen LogP contribution in [0.4, 0.5) is 0 Å². The Bertz CT molecular complexity index is 605. The zero-order valence-electron chi connectivity index (χ0n) is 10.8. The molecule has 0 radical (unpaired) electrons. The van der Waals surface area contributed by atoms with E-state index in [2.05, 4.69) is 16.0 Å². The van der Waals surface area contributed by atoms with Gasteiger partial charge in [-0.2, -0.15) is 5.26 Å². The number of nitriles is 1. The van der Waals surface area contributed by atoms with Crippen molar-refractivity contribution in [1.29, 1.82) is 5.26 Å². The van der Waals surface area contributed by atoms with Crippen molar-refractivity contribution in [2.24, 2.45) is 0 Å². The third-order valence-corrected chi connectivity index (χ3v) is 3.46. The molecule has 2 rings (SSSR count). The van der Waals surface area contributed by atoms with Gasteiger partial charge in [0, 0.05) is 18.1 Å². The molecule has 5 heteroatoms. The number of rotatable bonds is 4. The van der Waals surface area contributed by atoms with Gasteiger partial charge < -0.3 is 4.74 Å². The molecule has 1 aromatic carbocycles. The van der Waals surface area contributed by atoms with Crippen LogP contribution < -0.4 is 4.74 Å². The summed E-state index contributed by atoms with van der Waals surface area (Å²) in [5.74, 6) is 1.34. The Morgan fingerprint density at radius 3 is 2.68 bits per heavy atom. The topological polar surface area (TPSA) is 58.8 Å². The van der Waals surface area contributed by atoms with E-state index in [4.69, 9.17) is 10.00 Å². The van der Waals surface area contributed by atoms with Crippen molar-refractivity contribution < 1.29 is 4.74 Å². The average Bonchev–Trinajstić information content (AvgIpc) is 2.46. The summed E-state index contributed by atoms with van der Waals surface area (Å²) in [6, 6.07) is 7.66. The van der Waals surface area contributed by atoms with Crippen LogP contribution >= 0.6 is 11.8 Å². The molecule has 0 atom stereocenters. The van der Waals surface area contributed by atoms with Crippen molar-refractivity contribution in [3.8, 4) is 11.8 Å². The van der Waals surface area contributed by atoms with Crippen molar-refractivity contribution in [2.75, 3.05) is 7.11 Å². The van der Waals surface area contributed by atoms with Crippen LogP contribution in [0.3, 0.4) is 0 Å². The van der Waals surface area contributed by atoms with Gasteiger partial charge in [-0.15, -0.1) is 0 Å². The summed E-state index contributed by atoms with van der Waals surface area (Å²) in [5.41, 5.74) is 2.66. The summed E-state index contributed by atoms with van der Waals surface area (Å²) in [7, 11) is 1.57. The van der Waals surface area contributed by atoms with Crippen molar-refractivity contribution in [2.45, 2.75) is 17.8 Å². The SMILES string of the molecule is COc1cc(CSc2ncc(C)cn2)ccc1C#N. The first-order chi connectivity index (χ1) is 9.22. The molecule has 96 valence electrons. The fourth-order valence-electron chi connectivity index (χ4n) is 1.52. The van der Waals surface area contributed by atoms with Crippen LogP contribution in [0, 0.1) is 18.3 Å². The largest absolute Gasteiger partial charge is 0.495 e. The maximum absolute atomic E-state index is 8.92. The number of methoxy groups -OCH3 is 1. The van der Waals surface area contributed by atoms with Crippen LogP contribution in [0.5, 0.6) is 5.75 Å². The Morgan fingerprint density at radius 2 is 2.05 bits per heavy atom. The molecule has 0 amide bonds. The Hall–Kier alpha value is -2.06. The van der Waals surface area contributed by atoms with E-state index in [1.54, 1.807) is 37.3 Å². The number of hydrogen-bond acceptors (Lipinski definition) is 5. The highest BCUT2D eigenvalue weighted by Gasteiger charge is 2.05. The van der Waals surface area contributed by atoms with Crippen molar-refractivity contribution >= 4 is 11.8 Å². The lowest BCUT2D eigenvalue weighted by atomic mass is 10.1. The molecule has 19 heavy (non-hydrogen) atoms. The van der Waals surface area contributed by atoms with Crippen LogP contribution in [0.25, 0.3) is 0 Å². The fraction of sp³-hybridized carbons (Fsp3) is 0.214. The Labute approximate surface area is 116 Å². The third kappa shape index (κ3) is 3.46. The standard InChI is InChI=1S/C14H13N3OS/c1-10-7-16-14(17-8-10)19-9-11-3-4-12(6-15)13(5-11)18-2/h3-5,7-8H,9H2,1-2H3. The molecular weight excluding hydrogens is 258 g/mol. The van der Waals surface area contributed by atoms with E-state index in [0.29, 0.717) is 11.3 Å². The molecule has 1 aromatic heterocycles. The molecule has 0 saturated heterocycles. The molecule has 0 saturated carbocycles. The average molecular weight is 271 g/mol. The second-order valence-electron chi connectivity index (χ2n) is 3.98. The maximum Gasteiger partial charge on any atom is 0.187 e. The third-order valence-electron chi connectivity index (χ3n) is 2.51. The monoisotopic (exact) mass is 271 g/mol. The van der Waals surface area contributed by atoms with Crippen LogP contribution in [-0.2, 0) is 5.75 Å². The van der Waals surface area contributed by atoms with Gasteiger partial charge in [-0.25, -0.2) is 9.97 Å². The highest BCUT2D eigenvalue weighted by Crippen LogP contribution is 2.24. The molecule has 2 aromatic rings. The zero-order chi connectivity index (χ0) is 13.7. The van der Waals surface area contributed by atoms with Crippen molar-refractivity contribution in [1.82, 2.24) is 9.97 Å². The van der Waals surface area contributed by atoms with Gasteiger partial charge in [-0.1, -0.05) is 17.8 Å². The van der Waals surface area contributed by atoms with Gasteiger partial charge in [0.05, 0.1) is 12.7 Å². The predicted octanol–water partition coefficient (Wildman–Crippen LogP) is 2.96. The second kappa shape index (κ2) is 6.21. The Kier molecular flexibility index (Phi) is 4.37. The lowest BCUT2D eigenvalue weighted by Gasteiger charge is -2.06. The van der Waals surface area contributed by atoms with Gasteiger partial charge >= 0.3 is 0 Å². The molecule has 0 aliphatic carbocycles. The number of aromatic nitrogens is 2. The summed E-state index contributed by atoms with van der Waals surface area (Å²) >= 11 is 1.55. The number of nitrogens with zero attached hydrogens (tertiary/aromatic N) is 3. The summed E-state index contributed by atoms with van der Waals surface area (Å²) in [6.07, 6.45) is 3.60. The van der Waals surface area contributed by atoms with Crippen LogP contribution in [-0.4, -0.2) is 17.1 Å². The van der Waals surface area contributed by atoms with Gasteiger partial charge in [0.1, 0.15) is 11.8 Å². The van der Waals surface area contributed by atoms with Crippen LogP contribution in [0.2, 0.25) is 0 Å². The quantitative estimate of drug-likeness (QED) is 0.632. The van der Waals surface area contributed by atoms with E-state index < -0.39 is 0 Å². The smallest absolute Gasteiger partial charge is 0.187 e. The lowest BCUT2D eigenvalue weighted by Crippen LogP contribution is -1.91. The van der Waals surface area contributed by atoms with E-state index in [-0.39, 0.29) is 0 Å². The van der Waals surface area contributed by atoms with Gasteiger partial charge in [0.15, 0.2) is 5.16 Å². The first kappa shape index (κ1) is 13.4. The second-order valence-corrected chi connectivity index (χ2v) is 4.92. The minimum atomic E-state index is 0.544. The normalized spacial score (nSPS) is 9.95. The molecule has 4 nitrogen and oxygen atoms in total. The molecule has 0 N–H and O–H groups in total. The molecule has 0 fully saturated rings. The van der Waals surface area contributed by atoms with Gasteiger partial charge in [0.25, 0.3) is 0 Å². The van der Waals surface area contributed by atoms with E-state index >= 15 is 0 Å². The number of hydrogen-bond donors (Lipinski definition) is 0. The predicted molar refractivity (Wildman–Crippen MR) is 74.0 cm³/mol. The van der Waals surface area contributed by atoms with E-state index in [0.717, 1.165) is 22.0 Å². The van der Waals surface area contributed by atoms with Crippen molar-refractivity contribution in [3.05, 3.63) is 47.3 Å². The first-order valence-electron chi connectivity index (χ1n) is 5.71. The lowest BCUT2D eigenvalue weighted by molar-refractivity contribution is 0.413. The maximum atomic E-state index is 8.92. The summed E-state index contributed by atoms with van der Waals surface area (Å²) in [6.45, 7) is 1.96. The Balaban J connectivity index is 2.07. The molecular formula is C14H13N3OS. The van der Waals surface area contributed by atoms with E-state index in [1.165, 1.54) is 0 Å². The zero-order valence-corrected chi connectivity index (χ0v) is 11.6. The van der Waals surface area contributed by atoms with Gasteiger partial charge in [-0.05, 0) is 30.2 Å². The molecule has 1 heterocycles. The molecule has 0 unspecified atom stereocenters. The molecule has 0 aliphatic heterocycles. The van der Waals surface area contributed by atoms with E-state index in [9.17, 15) is 0 Å². The van der Waals surface area contributed by atoms with Crippen LogP contribution in [0.15, 0.2) is 35.7 Å². The first-order valence-corrected chi connectivity index (χ1v) is 6.70.